The van der Waals surface area contributed by atoms with Gasteiger partial charge in [-0.05, 0) is 25.0 Å². The Morgan fingerprint density at radius 2 is 2.06 bits per heavy atom. The van der Waals surface area contributed by atoms with Crippen LogP contribution in [0.15, 0.2) is 18.2 Å². The van der Waals surface area contributed by atoms with Gasteiger partial charge in [0.25, 0.3) is 0 Å². The third kappa shape index (κ3) is 2.88. The summed E-state index contributed by atoms with van der Waals surface area (Å²) in [5.74, 6) is 0.670. The van der Waals surface area contributed by atoms with Crippen molar-refractivity contribution in [1.82, 2.24) is 0 Å². The van der Waals surface area contributed by atoms with Gasteiger partial charge in [0.2, 0.25) is 0 Å². The molecule has 2 atom stereocenters. The Hall–Kier alpha value is -1.42. The molecule has 0 heterocycles. The van der Waals surface area contributed by atoms with Gasteiger partial charge in [-0.25, -0.2) is 0 Å². The van der Waals surface area contributed by atoms with Gasteiger partial charge < -0.3 is 20.9 Å². The molecule has 2 unspecified atom stereocenters. The summed E-state index contributed by atoms with van der Waals surface area (Å²) in [5.41, 5.74) is 7.48. The van der Waals surface area contributed by atoms with Crippen molar-refractivity contribution >= 4 is 11.4 Å². The number of para-hydroxylation sites is 1. The first-order valence-electron chi connectivity index (χ1n) is 6.59. The molecule has 0 radical (unpaired) electrons. The second-order valence-electron chi connectivity index (χ2n) is 4.88. The fourth-order valence-electron chi connectivity index (χ4n) is 2.50. The van der Waals surface area contributed by atoms with E-state index in [1.807, 2.05) is 18.2 Å². The van der Waals surface area contributed by atoms with Gasteiger partial charge in [0.05, 0.1) is 30.6 Å². The number of ether oxygens (including phenoxy) is 1. The third-order valence-corrected chi connectivity index (χ3v) is 3.61. The summed E-state index contributed by atoms with van der Waals surface area (Å²) in [6.07, 6.45) is 5.01. The second kappa shape index (κ2) is 5.96. The van der Waals surface area contributed by atoms with E-state index in [9.17, 15) is 5.11 Å². The molecular formula is C14H22N2O2. The van der Waals surface area contributed by atoms with Crippen molar-refractivity contribution in [2.45, 2.75) is 44.2 Å². The van der Waals surface area contributed by atoms with Crippen LogP contribution in [0.1, 0.15) is 32.1 Å². The first kappa shape index (κ1) is 13.0. The number of nitrogen functional groups attached to an aromatic ring is 1. The van der Waals surface area contributed by atoms with Crippen LogP contribution >= 0.6 is 0 Å². The minimum Gasteiger partial charge on any atom is -0.495 e. The number of rotatable bonds is 3. The predicted molar refractivity (Wildman–Crippen MR) is 73.9 cm³/mol. The predicted octanol–water partition coefficient (Wildman–Crippen LogP) is 2.38. The molecule has 0 bridgehead atoms. The zero-order valence-electron chi connectivity index (χ0n) is 10.9. The second-order valence-corrected chi connectivity index (χ2v) is 4.88. The number of methoxy groups -OCH3 is 1. The summed E-state index contributed by atoms with van der Waals surface area (Å²) >= 11 is 0. The van der Waals surface area contributed by atoms with E-state index < -0.39 is 0 Å². The maximum Gasteiger partial charge on any atom is 0.143 e. The Kier molecular flexibility index (Phi) is 4.31. The van der Waals surface area contributed by atoms with Gasteiger partial charge in [-0.3, -0.25) is 0 Å². The minimum absolute atomic E-state index is 0.0851. The molecule has 1 aliphatic carbocycles. The lowest BCUT2D eigenvalue weighted by molar-refractivity contribution is 0.144. The standard InChI is InChI=1S/C14H22N2O2/c1-18-13-9-5-7-11(14(13)15)16-10-6-3-2-4-8-12(10)17/h5,7,9-10,12,16-17H,2-4,6,8,15H2,1H3. The minimum atomic E-state index is -0.293. The van der Waals surface area contributed by atoms with Crippen molar-refractivity contribution < 1.29 is 9.84 Å². The van der Waals surface area contributed by atoms with Crippen molar-refractivity contribution in [3.05, 3.63) is 18.2 Å². The number of hydrogen-bond acceptors (Lipinski definition) is 4. The largest absolute Gasteiger partial charge is 0.495 e. The van der Waals surface area contributed by atoms with Crippen LogP contribution in [-0.2, 0) is 0 Å². The summed E-state index contributed by atoms with van der Waals surface area (Å²) in [4.78, 5) is 0. The van der Waals surface area contributed by atoms with E-state index in [1.165, 1.54) is 6.42 Å². The van der Waals surface area contributed by atoms with Crippen molar-refractivity contribution in [2.24, 2.45) is 0 Å². The smallest absolute Gasteiger partial charge is 0.143 e. The number of nitrogens with one attached hydrogen (secondary N) is 1. The number of aliphatic hydroxyl groups excluding tert-OH is 1. The average molecular weight is 250 g/mol. The number of hydrogen-bond donors (Lipinski definition) is 3. The first-order valence-corrected chi connectivity index (χ1v) is 6.59. The molecule has 1 aromatic rings. The lowest BCUT2D eigenvalue weighted by atomic mass is 10.1. The van der Waals surface area contributed by atoms with Crippen molar-refractivity contribution in [2.75, 3.05) is 18.2 Å². The van der Waals surface area contributed by atoms with E-state index in [1.54, 1.807) is 7.11 Å². The fourth-order valence-corrected chi connectivity index (χ4v) is 2.50. The summed E-state index contributed by atoms with van der Waals surface area (Å²) < 4.78 is 5.20. The SMILES string of the molecule is COc1cccc(NC2CCCCCC2O)c1N. The van der Waals surface area contributed by atoms with Crippen LogP contribution in [0.2, 0.25) is 0 Å². The van der Waals surface area contributed by atoms with Crippen LogP contribution in [0.25, 0.3) is 0 Å². The third-order valence-electron chi connectivity index (χ3n) is 3.61. The molecule has 0 aliphatic heterocycles. The quantitative estimate of drug-likeness (QED) is 0.569. The molecule has 4 N–H and O–H groups in total. The van der Waals surface area contributed by atoms with Crippen LogP contribution in [0.5, 0.6) is 5.75 Å². The van der Waals surface area contributed by atoms with Gasteiger partial charge in [0, 0.05) is 0 Å². The summed E-state index contributed by atoms with van der Waals surface area (Å²) in [6, 6.07) is 5.75. The van der Waals surface area contributed by atoms with E-state index in [4.69, 9.17) is 10.5 Å². The molecule has 4 heteroatoms. The number of anilines is 2. The van der Waals surface area contributed by atoms with Gasteiger partial charge in [-0.15, -0.1) is 0 Å². The van der Waals surface area contributed by atoms with Crippen LogP contribution in [-0.4, -0.2) is 24.4 Å². The van der Waals surface area contributed by atoms with Crippen LogP contribution in [0.4, 0.5) is 11.4 Å². The number of nitrogens with two attached hydrogens (primary N) is 1. The number of benzene rings is 1. The topological polar surface area (TPSA) is 67.5 Å². The lowest BCUT2D eigenvalue weighted by Crippen LogP contribution is -2.32. The van der Waals surface area contributed by atoms with Gasteiger partial charge in [-0.1, -0.05) is 25.3 Å². The summed E-state index contributed by atoms with van der Waals surface area (Å²) in [6.45, 7) is 0. The highest BCUT2D eigenvalue weighted by molar-refractivity contribution is 5.73. The van der Waals surface area contributed by atoms with E-state index in [0.29, 0.717) is 11.4 Å². The molecule has 1 fully saturated rings. The van der Waals surface area contributed by atoms with Gasteiger partial charge in [-0.2, -0.15) is 0 Å². The Morgan fingerprint density at radius 1 is 1.28 bits per heavy atom. The fraction of sp³-hybridized carbons (Fsp3) is 0.571. The van der Waals surface area contributed by atoms with E-state index in [0.717, 1.165) is 31.4 Å². The lowest BCUT2D eigenvalue weighted by Gasteiger charge is -2.24. The molecular weight excluding hydrogens is 228 g/mol. The van der Waals surface area contributed by atoms with Crippen molar-refractivity contribution in [3.63, 3.8) is 0 Å². The molecule has 1 aliphatic rings. The molecule has 1 aromatic carbocycles. The highest BCUT2D eigenvalue weighted by Gasteiger charge is 2.22. The zero-order chi connectivity index (χ0) is 13.0. The van der Waals surface area contributed by atoms with E-state index >= 15 is 0 Å². The Balaban J connectivity index is 2.12. The maximum atomic E-state index is 10.1. The van der Waals surface area contributed by atoms with Crippen LogP contribution in [0.3, 0.4) is 0 Å². The highest BCUT2D eigenvalue weighted by atomic mass is 16.5. The molecule has 2 rings (SSSR count). The maximum absolute atomic E-state index is 10.1. The monoisotopic (exact) mass is 250 g/mol. The molecule has 0 aromatic heterocycles. The Bertz CT molecular complexity index is 395. The molecule has 0 saturated heterocycles. The zero-order valence-corrected chi connectivity index (χ0v) is 10.9. The van der Waals surface area contributed by atoms with E-state index in [2.05, 4.69) is 5.32 Å². The molecule has 1 saturated carbocycles. The van der Waals surface area contributed by atoms with Gasteiger partial charge in [0.15, 0.2) is 0 Å². The number of aliphatic hydroxyl groups is 1. The average Bonchev–Trinajstić information content (AvgIpc) is 2.57. The molecule has 100 valence electrons. The Labute approximate surface area is 108 Å². The molecule has 0 amide bonds. The van der Waals surface area contributed by atoms with Crippen LogP contribution < -0.4 is 15.8 Å². The van der Waals surface area contributed by atoms with Gasteiger partial charge in [0.1, 0.15) is 5.75 Å². The highest BCUT2D eigenvalue weighted by Crippen LogP contribution is 2.31. The molecule has 18 heavy (non-hydrogen) atoms. The first-order chi connectivity index (χ1) is 8.72. The molecule has 0 spiro atoms. The van der Waals surface area contributed by atoms with E-state index in [-0.39, 0.29) is 12.1 Å². The normalized spacial score (nSPS) is 24.3. The van der Waals surface area contributed by atoms with Crippen LogP contribution in [0, 0.1) is 0 Å². The molecule has 4 nitrogen and oxygen atoms in total. The summed E-state index contributed by atoms with van der Waals surface area (Å²) in [7, 11) is 1.61. The van der Waals surface area contributed by atoms with Gasteiger partial charge >= 0.3 is 0 Å². The van der Waals surface area contributed by atoms with Crippen molar-refractivity contribution in [1.29, 1.82) is 0 Å². The summed E-state index contributed by atoms with van der Waals surface area (Å²) in [5, 5.41) is 13.5. The van der Waals surface area contributed by atoms with Crippen molar-refractivity contribution in [3.8, 4) is 5.75 Å². The Morgan fingerprint density at radius 3 is 2.83 bits per heavy atom.